The van der Waals surface area contributed by atoms with Crippen molar-refractivity contribution in [2.24, 2.45) is 0 Å². The van der Waals surface area contributed by atoms with E-state index < -0.39 is 5.60 Å². The van der Waals surface area contributed by atoms with Crippen molar-refractivity contribution in [2.75, 3.05) is 57.4 Å². The summed E-state index contributed by atoms with van der Waals surface area (Å²) in [5.41, 5.74) is 2.80. The van der Waals surface area contributed by atoms with E-state index in [9.17, 15) is 14.0 Å². The molecule has 2 aromatic carbocycles. The summed E-state index contributed by atoms with van der Waals surface area (Å²) in [6.07, 6.45) is 2.06. The van der Waals surface area contributed by atoms with Gasteiger partial charge in [-0.15, -0.1) is 0 Å². The van der Waals surface area contributed by atoms with E-state index in [0.29, 0.717) is 44.2 Å². The SMILES string of the molecule is C[C@@H]1CN(C[C@H]2CN(C(=O)OC(C)(C)C)[C@H](C)CN2CC(=O)N2c3cc(Cc4ccc(F)cc4)cnc3OC[C@@H]2c2ccccc2)CCO1. The van der Waals surface area contributed by atoms with Gasteiger partial charge in [0.15, 0.2) is 0 Å². The Morgan fingerprint density at radius 2 is 1.76 bits per heavy atom. The fourth-order valence-corrected chi connectivity index (χ4v) is 6.99. The summed E-state index contributed by atoms with van der Waals surface area (Å²) in [7, 11) is 0. The number of amides is 2. The fraction of sp³-hybridized carbons (Fsp3) is 0.500. The second-order valence-electron chi connectivity index (χ2n) is 14.5. The molecule has 6 rings (SSSR count). The molecule has 2 fully saturated rings. The van der Waals surface area contributed by atoms with Crippen LogP contribution in [0, 0.1) is 5.82 Å². The molecule has 4 heterocycles. The van der Waals surface area contributed by atoms with Crippen LogP contribution in [-0.4, -0.2) is 108 Å². The smallest absolute Gasteiger partial charge is 0.410 e. The number of aromatic nitrogens is 1. The van der Waals surface area contributed by atoms with Gasteiger partial charge in [0.05, 0.1) is 25.3 Å². The number of benzene rings is 2. The summed E-state index contributed by atoms with van der Waals surface area (Å²) in [5, 5.41) is 0. The van der Waals surface area contributed by atoms with E-state index in [1.54, 1.807) is 18.3 Å². The highest BCUT2D eigenvalue weighted by Crippen LogP contribution is 2.39. The molecule has 2 saturated heterocycles. The topological polar surface area (TPSA) is 87.7 Å². The highest BCUT2D eigenvalue weighted by molar-refractivity contribution is 5.97. The average Bonchev–Trinajstić information content (AvgIpc) is 3.06. The van der Waals surface area contributed by atoms with E-state index in [0.717, 1.165) is 29.8 Å². The van der Waals surface area contributed by atoms with Gasteiger partial charge >= 0.3 is 6.09 Å². The zero-order valence-electron chi connectivity index (χ0n) is 29.2. The first-order valence-electron chi connectivity index (χ1n) is 17.2. The first kappa shape index (κ1) is 34.8. The van der Waals surface area contributed by atoms with Crippen LogP contribution in [0.5, 0.6) is 5.88 Å². The molecule has 4 atom stereocenters. The largest absolute Gasteiger partial charge is 0.474 e. The Morgan fingerprint density at radius 3 is 2.47 bits per heavy atom. The Balaban J connectivity index is 1.29. The average molecular weight is 674 g/mol. The lowest BCUT2D eigenvalue weighted by atomic mass is 10.0. The van der Waals surface area contributed by atoms with E-state index in [-0.39, 0.29) is 55.2 Å². The van der Waals surface area contributed by atoms with Crippen LogP contribution in [0.2, 0.25) is 0 Å². The third-order valence-electron chi connectivity index (χ3n) is 9.33. The minimum Gasteiger partial charge on any atom is -0.474 e. The number of nitrogens with zero attached hydrogens (tertiary/aromatic N) is 5. The van der Waals surface area contributed by atoms with Gasteiger partial charge in [-0.2, -0.15) is 0 Å². The number of ether oxygens (including phenoxy) is 3. The molecule has 3 aromatic rings. The lowest BCUT2D eigenvalue weighted by Gasteiger charge is -2.47. The number of halogens is 1. The summed E-state index contributed by atoms with van der Waals surface area (Å²) in [4.78, 5) is 41.0. The molecule has 0 N–H and O–H groups in total. The fourth-order valence-electron chi connectivity index (χ4n) is 6.99. The number of hydrogen-bond acceptors (Lipinski definition) is 8. The van der Waals surface area contributed by atoms with E-state index in [1.165, 1.54) is 12.1 Å². The van der Waals surface area contributed by atoms with Gasteiger partial charge in [-0.1, -0.05) is 42.5 Å². The molecule has 0 aliphatic carbocycles. The first-order valence-corrected chi connectivity index (χ1v) is 17.2. The second-order valence-corrected chi connectivity index (χ2v) is 14.5. The van der Waals surface area contributed by atoms with E-state index in [1.807, 2.05) is 73.9 Å². The third kappa shape index (κ3) is 8.57. The molecule has 0 spiro atoms. The number of piperazine rings is 1. The molecule has 3 aliphatic rings. The van der Waals surface area contributed by atoms with E-state index in [2.05, 4.69) is 21.7 Å². The van der Waals surface area contributed by atoms with Crippen molar-refractivity contribution in [2.45, 2.75) is 70.9 Å². The molecule has 11 heteroatoms. The van der Waals surface area contributed by atoms with Gasteiger partial charge in [0.2, 0.25) is 11.8 Å². The van der Waals surface area contributed by atoms with Crippen LogP contribution in [0.3, 0.4) is 0 Å². The molecule has 2 amide bonds. The van der Waals surface area contributed by atoms with Crippen LogP contribution in [0.1, 0.15) is 57.4 Å². The van der Waals surface area contributed by atoms with Crippen LogP contribution < -0.4 is 9.64 Å². The number of rotatable bonds is 7. The summed E-state index contributed by atoms with van der Waals surface area (Å²) >= 11 is 0. The maximum absolute atomic E-state index is 14.7. The first-order chi connectivity index (χ1) is 23.4. The third-order valence-corrected chi connectivity index (χ3v) is 9.33. The highest BCUT2D eigenvalue weighted by Gasteiger charge is 2.41. The number of carbonyl (C=O) groups excluding carboxylic acids is 2. The van der Waals surface area contributed by atoms with Gasteiger partial charge in [-0.3, -0.25) is 19.5 Å². The number of hydrogen-bond donors (Lipinski definition) is 0. The number of carbonyl (C=O) groups is 2. The minimum absolute atomic E-state index is 0.0719. The number of anilines is 1. The quantitative estimate of drug-likeness (QED) is 0.334. The van der Waals surface area contributed by atoms with Crippen molar-refractivity contribution < 1.29 is 28.2 Å². The Bertz CT molecular complexity index is 1600. The Hall–Kier alpha value is -4.06. The predicted octanol–water partition coefficient (Wildman–Crippen LogP) is 5.31. The lowest BCUT2D eigenvalue weighted by molar-refractivity contribution is -0.122. The molecule has 0 saturated carbocycles. The molecule has 0 radical (unpaired) electrons. The van der Waals surface area contributed by atoms with Crippen LogP contribution >= 0.6 is 0 Å². The molecule has 3 aliphatic heterocycles. The highest BCUT2D eigenvalue weighted by atomic mass is 19.1. The Morgan fingerprint density at radius 1 is 1.00 bits per heavy atom. The molecule has 0 unspecified atom stereocenters. The number of morpholine rings is 1. The molecule has 262 valence electrons. The van der Waals surface area contributed by atoms with Crippen LogP contribution in [0.4, 0.5) is 14.9 Å². The van der Waals surface area contributed by atoms with Gasteiger partial charge in [-0.25, -0.2) is 14.2 Å². The van der Waals surface area contributed by atoms with Crippen molar-refractivity contribution in [3.05, 3.63) is 89.4 Å². The number of pyridine rings is 1. The van der Waals surface area contributed by atoms with E-state index in [4.69, 9.17) is 14.2 Å². The molecular formula is C38H48FN5O5. The molecule has 1 aromatic heterocycles. The van der Waals surface area contributed by atoms with Crippen molar-refractivity contribution in [3.8, 4) is 5.88 Å². The molecule has 10 nitrogen and oxygen atoms in total. The zero-order chi connectivity index (χ0) is 34.7. The van der Waals surface area contributed by atoms with Crippen molar-refractivity contribution in [1.29, 1.82) is 0 Å². The molecule has 49 heavy (non-hydrogen) atoms. The lowest BCUT2D eigenvalue weighted by Crippen LogP contribution is -2.64. The van der Waals surface area contributed by atoms with Crippen molar-refractivity contribution in [1.82, 2.24) is 19.7 Å². The Kier molecular flexibility index (Phi) is 10.5. The standard InChI is InChI=1S/C38H48FN5O5/c1-26-20-42(32(22-41-15-16-47-27(2)21-41)23-43(26)37(46)49-38(3,4)5)24-35(45)44-33-18-29(17-28-11-13-31(39)14-12-28)19-40-36(33)48-25-34(44)30-9-7-6-8-10-30/h6-14,18-19,26-27,32,34H,15-17,20-25H2,1-5H3/t26-,27-,32+,34-/m1/s1. The van der Waals surface area contributed by atoms with Gasteiger partial charge < -0.3 is 19.1 Å². The van der Waals surface area contributed by atoms with Gasteiger partial charge in [0.1, 0.15) is 23.7 Å². The monoisotopic (exact) mass is 673 g/mol. The summed E-state index contributed by atoms with van der Waals surface area (Å²) in [5.74, 6) is 0.0497. The van der Waals surface area contributed by atoms with Crippen molar-refractivity contribution in [3.63, 3.8) is 0 Å². The van der Waals surface area contributed by atoms with E-state index >= 15 is 0 Å². The predicted molar refractivity (Wildman–Crippen MR) is 185 cm³/mol. The Labute approximate surface area is 288 Å². The summed E-state index contributed by atoms with van der Waals surface area (Å²) in [6.45, 7) is 14.0. The maximum atomic E-state index is 14.7. The normalized spacial score (nSPS) is 23.5. The molecule has 0 bridgehead atoms. The van der Waals surface area contributed by atoms with Crippen LogP contribution in [0.25, 0.3) is 0 Å². The van der Waals surface area contributed by atoms with Crippen LogP contribution in [-0.2, 0) is 20.7 Å². The molecular weight excluding hydrogens is 625 g/mol. The minimum atomic E-state index is -0.612. The maximum Gasteiger partial charge on any atom is 0.410 e. The van der Waals surface area contributed by atoms with Crippen molar-refractivity contribution >= 4 is 17.7 Å². The number of fused-ring (bicyclic) bond motifs is 1. The van der Waals surface area contributed by atoms with Gasteiger partial charge in [0.25, 0.3) is 0 Å². The van der Waals surface area contributed by atoms with Gasteiger partial charge in [0, 0.05) is 51.0 Å². The van der Waals surface area contributed by atoms with Gasteiger partial charge in [-0.05, 0) is 75.9 Å². The second kappa shape index (κ2) is 14.8. The summed E-state index contributed by atoms with van der Waals surface area (Å²) < 4.78 is 31.4. The summed E-state index contributed by atoms with van der Waals surface area (Å²) in [6, 6.07) is 17.7. The van der Waals surface area contributed by atoms with Crippen LogP contribution in [0.15, 0.2) is 66.9 Å². The zero-order valence-corrected chi connectivity index (χ0v) is 29.2.